The highest BCUT2D eigenvalue weighted by atomic mass is 32.2. The molecular weight excluding hydrogens is 655 g/mol. The molecule has 1 atom stereocenters. The van der Waals surface area contributed by atoms with Crippen molar-refractivity contribution in [2.24, 2.45) is 0 Å². The van der Waals surface area contributed by atoms with Crippen LogP contribution >= 0.6 is 0 Å². The highest BCUT2D eigenvalue weighted by Crippen LogP contribution is 2.35. The third kappa shape index (κ3) is 5.67. The van der Waals surface area contributed by atoms with E-state index < -0.39 is 27.5 Å². The lowest BCUT2D eigenvalue weighted by Gasteiger charge is -2.36. The third-order valence-corrected chi connectivity index (χ3v) is 10.6. The van der Waals surface area contributed by atoms with Crippen LogP contribution in [0.4, 0.5) is 16.2 Å². The number of hydrogen-bond donors (Lipinski definition) is 2. The van der Waals surface area contributed by atoms with Gasteiger partial charge in [-0.2, -0.15) is 14.4 Å². The molecule has 1 aliphatic rings. The van der Waals surface area contributed by atoms with Crippen molar-refractivity contribution in [2.75, 3.05) is 18.8 Å². The number of nitrogens with zero attached hydrogens (tertiary/aromatic N) is 5. The molecule has 0 saturated carbocycles. The number of amides is 1. The predicted molar refractivity (Wildman–Crippen MR) is 193 cm³/mol. The van der Waals surface area contributed by atoms with Gasteiger partial charge in [0.1, 0.15) is 29.4 Å². The monoisotopic (exact) mass is 692 g/mol. The molecule has 4 heterocycles. The normalized spacial score (nSPS) is 16.7. The number of nitrogen functional groups attached to an aromatic ring is 1. The Balaban J connectivity index is 1.37. The first-order chi connectivity index (χ1) is 23.7. The molecule has 0 aliphatic carbocycles. The number of nitrogens with one attached hydrogen (secondary N) is 1. The first-order valence-electron chi connectivity index (χ1n) is 16.3. The van der Waals surface area contributed by atoms with Crippen LogP contribution in [0.1, 0.15) is 54.6 Å². The number of aromatic amines is 1. The summed E-state index contributed by atoms with van der Waals surface area (Å²) in [6.45, 7) is 10.0. The van der Waals surface area contributed by atoms with Gasteiger partial charge in [-0.1, -0.05) is 23.8 Å². The summed E-state index contributed by atoms with van der Waals surface area (Å²) in [6, 6.07) is 16.7. The van der Waals surface area contributed by atoms with Crippen molar-refractivity contribution in [1.29, 1.82) is 0 Å². The Morgan fingerprint density at radius 2 is 1.76 bits per heavy atom. The van der Waals surface area contributed by atoms with Crippen LogP contribution in [0.3, 0.4) is 0 Å². The number of H-pyrrole nitrogens is 1. The summed E-state index contributed by atoms with van der Waals surface area (Å²) in [7, 11) is -4.26. The van der Waals surface area contributed by atoms with Gasteiger partial charge in [-0.25, -0.2) is 22.1 Å². The van der Waals surface area contributed by atoms with E-state index in [1.807, 2.05) is 46.8 Å². The number of fused-ring (bicyclic) bond motifs is 2. The first kappa shape index (κ1) is 33.0. The van der Waals surface area contributed by atoms with Crippen LogP contribution in [0.2, 0.25) is 0 Å². The molecule has 7 rings (SSSR count). The maximum Gasteiger partial charge on any atom is 0.522 e. The molecule has 3 aromatic carbocycles. The van der Waals surface area contributed by atoms with Gasteiger partial charge in [0.2, 0.25) is 5.78 Å². The van der Waals surface area contributed by atoms with E-state index in [9.17, 15) is 18.0 Å². The summed E-state index contributed by atoms with van der Waals surface area (Å²) < 4.78 is 37.1. The van der Waals surface area contributed by atoms with Gasteiger partial charge in [0.25, 0.3) is 10.0 Å². The Bertz CT molecular complexity index is 2470. The first-order valence-corrected chi connectivity index (χ1v) is 17.7. The Hall–Kier alpha value is -5.53. The fourth-order valence-electron chi connectivity index (χ4n) is 6.40. The zero-order valence-corrected chi connectivity index (χ0v) is 29.3. The van der Waals surface area contributed by atoms with Crippen LogP contribution in [0.5, 0.6) is 0 Å². The van der Waals surface area contributed by atoms with Crippen LogP contribution in [0, 0.1) is 13.8 Å². The van der Waals surface area contributed by atoms with Gasteiger partial charge in [-0.15, -0.1) is 0 Å². The summed E-state index contributed by atoms with van der Waals surface area (Å²) in [5.74, 6) is 0.173. The van der Waals surface area contributed by atoms with Gasteiger partial charge < -0.3 is 15.5 Å². The molecule has 3 N–H and O–H groups in total. The van der Waals surface area contributed by atoms with Crippen molar-refractivity contribution in [3.05, 3.63) is 108 Å². The van der Waals surface area contributed by atoms with Gasteiger partial charge in [0, 0.05) is 30.1 Å². The Kier molecular flexibility index (Phi) is 7.79. The molecule has 1 unspecified atom stereocenters. The highest BCUT2D eigenvalue weighted by molar-refractivity contribution is 7.90. The van der Waals surface area contributed by atoms with E-state index in [4.69, 9.17) is 10.5 Å². The largest absolute Gasteiger partial charge is 0.522 e. The molecule has 0 spiro atoms. The Morgan fingerprint density at radius 3 is 2.46 bits per heavy atom. The van der Waals surface area contributed by atoms with Crippen molar-refractivity contribution >= 4 is 55.2 Å². The van der Waals surface area contributed by atoms with Crippen LogP contribution < -0.4 is 10.2 Å². The molecular formula is C37H38N7O5S+. The van der Waals surface area contributed by atoms with E-state index in [0.29, 0.717) is 53.0 Å². The molecule has 3 aromatic heterocycles. The van der Waals surface area contributed by atoms with Gasteiger partial charge in [-0.3, -0.25) is 4.79 Å². The van der Waals surface area contributed by atoms with Crippen LogP contribution in [0.15, 0.2) is 90.1 Å². The summed E-state index contributed by atoms with van der Waals surface area (Å²) in [5, 5.41) is 4.89. The van der Waals surface area contributed by atoms with E-state index in [-0.39, 0.29) is 20.6 Å². The minimum Gasteiger partial charge on any atom is -0.414 e. The average Bonchev–Trinajstić information content (AvgIpc) is 3.80. The second-order valence-electron chi connectivity index (χ2n) is 13.7. The van der Waals surface area contributed by atoms with E-state index in [1.54, 1.807) is 48.5 Å². The maximum absolute atomic E-state index is 14.4. The van der Waals surface area contributed by atoms with Crippen molar-refractivity contribution < 1.29 is 22.7 Å². The summed E-state index contributed by atoms with van der Waals surface area (Å²) >= 11 is 0. The Morgan fingerprint density at radius 1 is 1.00 bits per heavy atom. The summed E-state index contributed by atoms with van der Waals surface area (Å²) in [5.41, 5.74) is 9.94. The highest BCUT2D eigenvalue weighted by Gasteiger charge is 2.43. The molecule has 6 aromatic rings. The van der Waals surface area contributed by atoms with Crippen LogP contribution in [-0.2, 0) is 14.8 Å². The lowest BCUT2D eigenvalue weighted by molar-refractivity contribution is 0.0279. The molecule has 0 fully saturated rings. The minimum absolute atomic E-state index is 0.0308. The number of carbonyl (C=O) groups is 2. The number of carbonyl (C=O) groups excluding carboxylic acids is 2. The molecule has 0 saturated heterocycles. The van der Waals surface area contributed by atoms with Crippen molar-refractivity contribution in [1.82, 2.24) is 28.2 Å². The SMILES string of the molecule is Cc1ccc(S(=O)(=O)n2c(C(=O)c3cnn(-c4cc5nc(C)[nH]c5cc4N)c3)cc3cc([N+]4(C(=O)OC(C)(C)C)CC=CCC4)ccc32)cc1. The van der Waals surface area contributed by atoms with Gasteiger partial charge in [0.15, 0.2) is 0 Å². The number of ketones is 1. The van der Waals surface area contributed by atoms with Crippen LogP contribution in [0.25, 0.3) is 27.6 Å². The van der Waals surface area contributed by atoms with E-state index >= 15 is 0 Å². The topological polar surface area (TPSA) is 155 Å². The van der Waals surface area contributed by atoms with Crippen molar-refractivity contribution in [2.45, 2.75) is 51.5 Å². The van der Waals surface area contributed by atoms with Gasteiger partial charge in [-0.05, 0) is 77.1 Å². The summed E-state index contributed by atoms with van der Waals surface area (Å²) in [4.78, 5) is 35.8. The predicted octanol–water partition coefficient (Wildman–Crippen LogP) is 6.57. The molecule has 0 radical (unpaired) electrons. The number of rotatable bonds is 6. The molecule has 1 aliphatic heterocycles. The number of aryl methyl sites for hydroxylation is 2. The summed E-state index contributed by atoms with van der Waals surface area (Å²) in [6.07, 6.45) is 7.15. The minimum atomic E-state index is -4.26. The number of anilines is 1. The number of quaternary nitrogens is 1. The zero-order valence-electron chi connectivity index (χ0n) is 28.5. The van der Waals surface area contributed by atoms with Crippen molar-refractivity contribution in [3.63, 3.8) is 0 Å². The van der Waals surface area contributed by atoms with E-state index in [2.05, 4.69) is 15.1 Å². The third-order valence-electron chi connectivity index (χ3n) is 8.87. The lowest BCUT2D eigenvalue weighted by atomic mass is 10.1. The second-order valence-corrected chi connectivity index (χ2v) is 15.5. The molecule has 13 heteroatoms. The van der Waals surface area contributed by atoms with E-state index in [0.717, 1.165) is 20.9 Å². The van der Waals surface area contributed by atoms with Crippen molar-refractivity contribution in [3.8, 4) is 5.69 Å². The smallest absolute Gasteiger partial charge is 0.414 e. The molecule has 0 bridgehead atoms. The lowest BCUT2D eigenvalue weighted by Crippen LogP contribution is -2.57. The quantitative estimate of drug-likeness (QED) is 0.0860. The average molecular weight is 693 g/mol. The maximum atomic E-state index is 14.4. The Labute approximate surface area is 289 Å². The fraction of sp³-hybridized carbons (Fsp3) is 0.243. The number of imidazole rings is 1. The molecule has 1 amide bonds. The number of ether oxygens (including phenoxy) is 1. The number of benzene rings is 3. The second kappa shape index (κ2) is 11.8. The van der Waals surface area contributed by atoms with Gasteiger partial charge in [0.05, 0.1) is 51.1 Å². The molecule has 12 nitrogen and oxygen atoms in total. The van der Waals surface area contributed by atoms with Crippen LogP contribution in [-0.4, -0.2) is 62.7 Å². The standard InChI is InChI=1S/C37H38N7O5S/c1-23-9-12-28(13-10-23)50(47,48)43-32-14-11-27(44(15-7-6-8-16-44)36(46)49-37(3,4)5)17-25(32)18-34(43)35(45)26-21-39-42(22-26)33-20-31-30(19-29(33)38)40-24(2)41-31/h6-7,9-14,17-22H,8,15-16,38H2,1-5H3,(H,40,41)/q+1. The molecule has 256 valence electrons. The molecule has 50 heavy (non-hydrogen) atoms. The van der Waals surface area contributed by atoms with Gasteiger partial charge >= 0.3 is 6.09 Å². The zero-order chi connectivity index (χ0) is 35.6. The van der Waals surface area contributed by atoms with E-state index in [1.165, 1.54) is 29.2 Å². The number of aromatic nitrogens is 5. The number of hydrogen-bond acceptors (Lipinski definition) is 8. The number of nitrogens with two attached hydrogens (primary N) is 1. The fourth-order valence-corrected chi connectivity index (χ4v) is 7.91.